The van der Waals surface area contributed by atoms with E-state index in [-0.39, 0.29) is 10.8 Å². The minimum atomic E-state index is -0.341. The monoisotopic (exact) mass is 274 g/mol. The van der Waals surface area contributed by atoms with Gasteiger partial charge >= 0.3 is 0 Å². The van der Waals surface area contributed by atoms with E-state index in [9.17, 15) is 4.39 Å². The summed E-state index contributed by atoms with van der Waals surface area (Å²) in [5.74, 6) is 0.271. The van der Waals surface area contributed by atoms with Crippen molar-refractivity contribution in [2.45, 2.75) is 43.9 Å². The topological polar surface area (TPSA) is 0 Å². The van der Waals surface area contributed by atoms with Crippen LogP contribution >= 0.6 is 23.2 Å². The van der Waals surface area contributed by atoms with Gasteiger partial charge in [0.2, 0.25) is 0 Å². The first-order chi connectivity index (χ1) is 8.15. The molecule has 1 fully saturated rings. The minimum Gasteiger partial charge on any atom is -0.205 e. The zero-order valence-corrected chi connectivity index (χ0v) is 11.3. The van der Waals surface area contributed by atoms with Crippen molar-refractivity contribution < 1.29 is 4.39 Å². The Kier molecular flexibility index (Phi) is 4.69. The van der Waals surface area contributed by atoms with Gasteiger partial charge in [-0.15, -0.1) is 11.6 Å². The Balaban J connectivity index is 2.01. The van der Waals surface area contributed by atoms with Gasteiger partial charge < -0.3 is 0 Å². The average Bonchev–Trinajstić information content (AvgIpc) is 2.48. The molecule has 0 spiro atoms. The molecule has 94 valence electrons. The Hall–Kier alpha value is -0.270. The van der Waals surface area contributed by atoms with Crippen molar-refractivity contribution in [2.75, 3.05) is 0 Å². The summed E-state index contributed by atoms with van der Waals surface area (Å²) in [6.45, 7) is 0. The van der Waals surface area contributed by atoms with Crippen LogP contribution in [0.2, 0.25) is 5.02 Å². The highest BCUT2D eigenvalue weighted by Crippen LogP contribution is 2.29. The molecule has 1 aromatic carbocycles. The average molecular weight is 275 g/mol. The number of benzene rings is 1. The van der Waals surface area contributed by atoms with Gasteiger partial charge in [-0.1, -0.05) is 36.9 Å². The van der Waals surface area contributed by atoms with Crippen molar-refractivity contribution in [3.05, 3.63) is 34.6 Å². The van der Waals surface area contributed by atoms with Crippen LogP contribution in [0.25, 0.3) is 0 Å². The molecule has 0 aromatic heterocycles. The second-order valence-corrected chi connectivity index (χ2v) is 5.96. The molecular formula is C14H17Cl2F. The van der Waals surface area contributed by atoms with Crippen molar-refractivity contribution in [2.24, 2.45) is 5.92 Å². The van der Waals surface area contributed by atoms with Gasteiger partial charge in [0.15, 0.2) is 0 Å². The molecule has 2 unspecified atom stereocenters. The third kappa shape index (κ3) is 3.86. The quantitative estimate of drug-likeness (QED) is 0.513. The molecule has 0 N–H and O–H groups in total. The summed E-state index contributed by atoms with van der Waals surface area (Å²) >= 11 is 12.0. The van der Waals surface area contributed by atoms with Crippen LogP contribution < -0.4 is 0 Å². The molecule has 0 saturated heterocycles. The molecule has 1 saturated carbocycles. The van der Waals surface area contributed by atoms with E-state index in [0.717, 1.165) is 24.8 Å². The lowest BCUT2D eigenvalue weighted by Crippen LogP contribution is -2.08. The lowest BCUT2D eigenvalue weighted by atomic mass is 9.92. The Morgan fingerprint density at radius 3 is 2.76 bits per heavy atom. The Labute approximate surface area is 112 Å². The summed E-state index contributed by atoms with van der Waals surface area (Å²) in [5, 5.41) is 0.525. The number of rotatable bonds is 2. The molecule has 2 atom stereocenters. The van der Waals surface area contributed by atoms with Crippen LogP contribution in [-0.2, 0) is 6.42 Å². The predicted molar refractivity (Wildman–Crippen MR) is 71.3 cm³/mol. The SMILES string of the molecule is Fc1ccc(CC2CCCCC(Cl)C2)cc1Cl. The highest BCUT2D eigenvalue weighted by Gasteiger charge is 2.19. The fourth-order valence-corrected chi connectivity index (χ4v) is 3.19. The van der Waals surface area contributed by atoms with E-state index in [1.165, 1.54) is 25.3 Å². The molecule has 0 amide bonds. The van der Waals surface area contributed by atoms with Crippen molar-refractivity contribution in [3.63, 3.8) is 0 Å². The van der Waals surface area contributed by atoms with Crippen LogP contribution in [-0.4, -0.2) is 5.38 Å². The first-order valence-electron chi connectivity index (χ1n) is 6.23. The van der Waals surface area contributed by atoms with E-state index < -0.39 is 0 Å². The molecule has 1 aromatic rings. The fraction of sp³-hybridized carbons (Fsp3) is 0.571. The zero-order valence-electron chi connectivity index (χ0n) is 9.76. The van der Waals surface area contributed by atoms with Gasteiger partial charge in [-0.05, 0) is 42.9 Å². The molecule has 0 heterocycles. The highest BCUT2D eigenvalue weighted by atomic mass is 35.5. The molecule has 0 radical (unpaired) electrons. The molecule has 17 heavy (non-hydrogen) atoms. The first-order valence-corrected chi connectivity index (χ1v) is 7.04. The number of hydrogen-bond acceptors (Lipinski definition) is 0. The van der Waals surface area contributed by atoms with Crippen LogP contribution in [0.1, 0.15) is 37.7 Å². The second kappa shape index (κ2) is 6.06. The van der Waals surface area contributed by atoms with Crippen molar-refractivity contribution in [3.8, 4) is 0 Å². The molecule has 0 nitrogen and oxygen atoms in total. The van der Waals surface area contributed by atoms with E-state index in [4.69, 9.17) is 23.2 Å². The van der Waals surface area contributed by atoms with Gasteiger partial charge in [0.05, 0.1) is 5.02 Å². The minimum absolute atomic E-state index is 0.221. The normalized spacial score (nSPS) is 25.6. The van der Waals surface area contributed by atoms with Crippen LogP contribution in [0.5, 0.6) is 0 Å². The summed E-state index contributed by atoms with van der Waals surface area (Å²) in [7, 11) is 0. The van der Waals surface area contributed by atoms with Gasteiger partial charge in [0.1, 0.15) is 5.82 Å². The molecule has 1 aliphatic rings. The van der Waals surface area contributed by atoms with Crippen LogP contribution in [0, 0.1) is 11.7 Å². The summed E-state index contributed by atoms with van der Waals surface area (Å²) < 4.78 is 13.1. The van der Waals surface area contributed by atoms with Gasteiger partial charge in [0.25, 0.3) is 0 Å². The van der Waals surface area contributed by atoms with E-state index in [1.807, 2.05) is 6.07 Å². The van der Waals surface area contributed by atoms with Crippen molar-refractivity contribution in [1.29, 1.82) is 0 Å². The van der Waals surface area contributed by atoms with Gasteiger partial charge in [-0.3, -0.25) is 0 Å². The number of halogens is 3. The first kappa shape index (κ1) is 13.2. The highest BCUT2D eigenvalue weighted by molar-refractivity contribution is 6.30. The molecule has 1 aliphatic carbocycles. The van der Waals surface area contributed by atoms with E-state index >= 15 is 0 Å². The third-order valence-electron chi connectivity index (χ3n) is 3.48. The summed E-state index contributed by atoms with van der Waals surface area (Å²) in [6.07, 6.45) is 6.86. The Bertz CT molecular complexity index is 378. The van der Waals surface area contributed by atoms with Crippen LogP contribution in [0.3, 0.4) is 0 Å². The van der Waals surface area contributed by atoms with Crippen molar-refractivity contribution in [1.82, 2.24) is 0 Å². The van der Waals surface area contributed by atoms with Crippen LogP contribution in [0.15, 0.2) is 18.2 Å². The maximum absolute atomic E-state index is 13.1. The van der Waals surface area contributed by atoms with Crippen molar-refractivity contribution >= 4 is 23.2 Å². The second-order valence-electron chi connectivity index (χ2n) is 4.94. The summed E-state index contributed by atoms with van der Waals surface area (Å²) in [5.41, 5.74) is 1.12. The third-order valence-corrected chi connectivity index (χ3v) is 4.16. The summed E-state index contributed by atoms with van der Waals surface area (Å²) in [6, 6.07) is 5.02. The maximum Gasteiger partial charge on any atom is 0.141 e. The maximum atomic E-state index is 13.1. The van der Waals surface area contributed by atoms with Gasteiger partial charge in [-0.2, -0.15) is 0 Å². The predicted octanol–water partition coefficient (Wildman–Crippen LogP) is 5.21. The lowest BCUT2D eigenvalue weighted by molar-refractivity contribution is 0.460. The van der Waals surface area contributed by atoms with E-state index in [1.54, 1.807) is 6.07 Å². The molecule has 2 rings (SSSR count). The zero-order chi connectivity index (χ0) is 12.3. The van der Waals surface area contributed by atoms with E-state index in [2.05, 4.69) is 0 Å². The number of alkyl halides is 1. The molecule has 0 aliphatic heterocycles. The standard InChI is InChI=1S/C14H17Cl2F/c15-12-4-2-1-3-10(8-12)7-11-5-6-14(17)13(16)9-11/h5-6,9-10,12H,1-4,7-8H2. The van der Waals surface area contributed by atoms with Gasteiger partial charge in [0, 0.05) is 5.38 Å². The lowest BCUT2D eigenvalue weighted by Gasteiger charge is -2.16. The molecule has 3 heteroatoms. The number of hydrogen-bond donors (Lipinski definition) is 0. The molecule has 0 bridgehead atoms. The van der Waals surface area contributed by atoms with E-state index in [0.29, 0.717) is 11.3 Å². The fourth-order valence-electron chi connectivity index (χ4n) is 2.58. The van der Waals surface area contributed by atoms with Crippen LogP contribution in [0.4, 0.5) is 4.39 Å². The Morgan fingerprint density at radius 2 is 2.00 bits per heavy atom. The molecular weight excluding hydrogens is 258 g/mol. The smallest absolute Gasteiger partial charge is 0.141 e. The summed E-state index contributed by atoms with van der Waals surface area (Å²) in [4.78, 5) is 0. The largest absolute Gasteiger partial charge is 0.205 e. The Morgan fingerprint density at radius 1 is 1.24 bits per heavy atom. The van der Waals surface area contributed by atoms with Gasteiger partial charge in [-0.25, -0.2) is 4.39 Å².